The Labute approximate surface area is 191 Å². The normalized spacial score (nSPS) is 11.6. The molecule has 0 unspecified atom stereocenters. The van der Waals surface area contributed by atoms with Gasteiger partial charge in [-0.15, -0.1) is 0 Å². The van der Waals surface area contributed by atoms with Gasteiger partial charge in [0.25, 0.3) is 0 Å². The second-order valence-corrected chi connectivity index (χ2v) is 8.48. The molecule has 0 amide bonds. The van der Waals surface area contributed by atoms with Gasteiger partial charge in [-0.05, 0) is 57.6 Å². The van der Waals surface area contributed by atoms with Gasteiger partial charge in [0.15, 0.2) is 0 Å². The lowest BCUT2D eigenvalue weighted by Crippen LogP contribution is -1.96. The molecule has 0 N–H and O–H groups in total. The van der Waals surface area contributed by atoms with Crippen molar-refractivity contribution in [3.8, 4) is 22.4 Å². The SMILES string of the molecule is c1ccc(-c2cc(-c3ccccc3)n3c4ncccc4c4cc5ccccc5cc4c23)cc1. The summed E-state index contributed by atoms with van der Waals surface area (Å²) in [7, 11) is 0. The molecule has 2 nitrogen and oxygen atoms in total. The van der Waals surface area contributed by atoms with Crippen molar-refractivity contribution in [3.63, 3.8) is 0 Å². The van der Waals surface area contributed by atoms with Gasteiger partial charge < -0.3 is 0 Å². The predicted octanol–water partition coefficient (Wildman–Crippen LogP) is 8.13. The first kappa shape index (κ1) is 18.2. The molecule has 0 radical (unpaired) electrons. The summed E-state index contributed by atoms with van der Waals surface area (Å²) in [5.41, 5.74) is 6.96. The van der Waals surface area contributed by atoms with E-state index in [0.717, 1.165) is 16.7 Å². The quantitative estimate of drug-likeness (QED) is 0.204. The molecule has 0 fully saturated rings. The van der Waals surface area contributed by atoms with Crippen LogP contribution in [0.4, 0.5) is 0 Å². The van der Waals surface area contributed by atoms with Gasteiger partial charge >= 0.3 is 0 Å². The van der Waals surface area contributed by atoms with Crippen molar-refractivity contribution in [1.29, 1.82) is 0 Å². The van der Waals surface area contributed by atoms with Gasteiger partial charge in [-0.3, -0.25) is 4.40 Å². The molecule has 154 valence electrons. The first-order valence-electron chi connectivity index (χ1n) is 11.2. The van der Waals surface area contributed by atoms with E-state index in [1.807, 2.05) is 12.3 Å². The lowest BCUT2D eigenvalue weighted by atomic mass is 9.98. The van der Waals surface area contributed by atoms with E-state index in [1.165, 1.54) is 43.8 Å². The van der Waals surface area contributed by atoms with Crippen LogP contribution in [0.1, 0.15) is 0 Å². The van der Waals surface area contributed by atoms with E-state index in [4.69, 9.17) is 4.98 Å². The maximum Gasteiger partial charge on any atom is 0.145 e. The topological polar surface area (TPSA) is 17.3 Å². The highest BCUT2D eigenvalue weighted by atomic mass is 15.0. The molecule has 0 aliphatic carbocycles. The van der Waals surface area contributed by atoms with E-state index in [1.54, 1.807) is 0 Å². The molecule has 3 aromatic heterocycles. The Kier molecular flexibility index (Phi) is 3.88. The molecule has 0 aliphatic rings. The van der Waals surface area contributed by atoms with Crippen molar-refractivity contribution in [2.75, 3.05) is 0 Å². The van der Waals surface area contributed by atoms with Crippen LogP contribution in [-0.4, -0.2) is 9.38 Å². The van der Waals surface area contributed by atoms with Gasteiger partial charge in [0.2, 0.25) is 0 Å². The molecule has 3 heterocycles. The van der Waals surface area contributed by atoms with Crippen molar-refractivity contribution < 1.29 is 0 Å². The van der Waals surface area contributed by atoms with Crippen LogP contribution in [-0.2, 0) is 0 Å². The highest BCUT2D eigenvalue weighted by molar-refractivity contribution is 6.19. The second-order valence-electron chi connectivity index (χ2n) is 8.48. The average Bonchev–Trinajstić information content (AvgIpc) is 3.30. The molecular weight excluding hydrogens is 400 g/mol. The van der Waals surface area contributed by atoms with Crippen LogP contribution in [0.15, 0.2) is 121 Å². The highest BCUT2D eigenvalue weighted by Gasteiger charge is 2.19. The molecule has 2 heteroatoms. The summed E-state index contributed by atoms with van der Waals surface area (Å²) in [5, 5.41) is 6.14. The van der Waals surface area contributed by atoms with E-state index < -0.39 is 0 Å². The average molecular weight is 421 g/mol. The molecule has 0 saturated carbocycles. The molecule has 7 rings (SSSR count). The molecule has 4 aromatic carbocycles. The van der Waals surface area contributed by atoms with Crippen molar-refractivity contribution in [2.24, 2.45) is 0 Å². The van der Waals surface area contributed by atoms with Crippen molar-refractivity contribution in [1.82, 2.24) is 9.38 Å². The fraction of sp³-hybridized carbons (Fsp3) is 0. The van der Waals surface area contributed by atoms with E-state index >= 15 is 0 Å². The number of pyridine rings is 2. The zero-order valence-corrected chi connectivity index (χ0v) is 17.9. The summed E-state index contributed by atoms with van der Waals surface area (Å²) >= 11 is 0. The number of fused-ring (bicyclic) bond motifs is 7. The smallest absolute Gasteiger partial charge is 0.145 e. The number of hydrogen-bond donors (Lipinski definition) is 0. The second kappa shape index (κ2) is 7.04. The maximum absolute atomic E-state index is 4.90. The zero-order valence-electron chi connectivity index (χ0n) is 17.9. The lowest BCUT2D eigenvalue weighted by Gasteiger charge is -2.13. The summed E-state index contributed by atoms with van der Waals surface area (Å²) in [6.07, 6.45) is 1.89. The van der Waals surface area contributed by atoms with Crippen LogP contribution >= 0.6 is 0 Å². The van der Waals surface area contributed by atoms with Crippen molar-refractivity contribution in [2.45, 2.75) is 0 Å². The van der Waals surface area contributed by atoms with E-state index in [-0.39, 0.29) is 0 Å². The summed E-state index contributed by atoms with van der Waals surface area (Å²) in [5.74, 6) is 0. The fourth-order valence-corrected chi connectivity index (χ4v) is 5.10. The van der Waals surface area contributed by atoms with Gasteiger partial charge in [-0.2, -0.15) is 0 Å². The molecule has 0 saturated heterocycles. The van der Waals surface area contributed by atoms with Crippen LogP contribution in [0.2, 0.25) is 0 Å². The Morgan fingerprint density at radius 2 is 1.15 bits per heavy atom. The van der Waals surface area contributed by atoms with Crippen molar-refractivity contribution in [3.05, 3.63) is 121 Å². The first-order valence-corrected chi connectivity index (χ1v) is 11.2. The molecular formula is C31H20N2. The fourth-order valence-electron chi connectivity index (χ4n) is 5.10. The summed E-state index contributed by atoms with van der Waals surface area (Å²) < 4.78 is 2.35. The largest absolute Gasteiger partial charge is 0.293 e. The number of hydrogen-bond acceptors (Lipinski definition) is 1. The Morgan fingerprint density at radius 3 is 1.88 bits per heavy atom. The highest BCUT2D eigenvalue weighted by Crippen LogP contribution is 2.41. The summed E-state index contributed by atoms with van der Waals surface area (Å²) in [4.78, 5) is 4.90. The Bertz CT molecular complexity index is 1800. The van der Waals surface area contributed by atoms with Gasteiger partial charge in [-0.1, -0.05) is 84.9 Å². The van der Waals surface area contributed by atoms with Crippen LogP contribution in [0.25, 0.3) is 60.5 Å². The third-order valence-corrected chi connectivity index (χ3v) is 6.58. The standard InChI is InChI=1S/C31H20N2/c1-3-10-21(11-4-1)26-20-29(22-12-5-2-6-13-22)33-30(26)28-19-24-15-8-7-14-23(24)18-27(28)25-16-9-17-32-31(25)33/h1-20H. The van der Waals surface area contributed by atoms with E-state index in [9.17, 15) is 0 Å². The molecule has 33 heavy (non-hydrogen) atoms. The molecule has 7 aromatic rings. The van der Waals surface area contributed by atoms with Gasteiger partial charge in [0, 0.05) is 22.5 Å². The van der Waals surface area contributed by atoms with Crippen LogP contribution < -0.4 is 0 Å². The van der Waals surface area contributed by atoms with Crippen LogP contribution in [0, 0.1) is 0 Å². The zero-order chi connectivity index (χ0) is 21.8. The van der Waals surface area contributed by atoms with Gasteiger partial charge in [0.1, 0.15) is 5.65 Å². The Morgan fingerprint density at radius 1 is 0.515 bits per heavy atom. The third kappa shape index (κ3) is 2.71. The molecule has 0 atom stereocenters. The van der Waals surface area contributed by atoms with Gasteiger partial charge in [0.05, 0.1) is 11.2 Å². The third-order valence-electron chi connectivity index (χ3n) is 6.58. The number of rotatable bonds is 2. The van der Waals surface area contributed by atoms with E-state index in [0.29, 0.717) is 0 Å². The molecule has 0 bridgehead atoms. The minimum Gasteiger partial charge on any atom is -0.293 e. The minimum absolute atomic E-state index is 0.983. The summed E-state index contributed by atoms with van der Waals surface area (Å²) in [6, 6.07) is 41.1. The Hall–Kier alpha value is -4.43. The lowest BCUT2D eigenvalue weighted by molar-refractivity contribution is 1.21. The number of benzene rings is 4. The van der Waals surface area contributed by atoms with Crippen molar-refractivity contribution >= 4 is 38.1 Å². The molecule has 0 spiro atoms. The Balaban J connectivity index is 1.78. The van der Waals surface area contributed by atoms with Gasteiger partial charge in [-0.25, -0.2) is 4.98 Å². The maximum atomic E-state index is 4.90. The van der Waals surface area contributed by atoms with Crippen LogP contribution in [0.3, 0.4) is 0 Å². The monoisotopic (exact) mass is 420 g/mol. The van der Waals surface area contributed by atoms with Crippen LogP contribution in [0.5, 0.6) is 0 Å². The predicted molar refractivity (Wildman–Crippen MR) is 139 cm³/mol. The number of aromatic nitrogens is 2. The number of nitrogens with zero attached hydrogens (tertiary/aromatic N) is 2. The first-order chi connectivity index (χ1) is 16.4. The minimum atomic E-state index is 0.983. The summed E-state index contributed by atoms with van der Waals surface area (Å²) in [6.45, 7) is 0. The molecule has 0 aliphatic heterocycles. The van der Waals surface area contributed by atoms with E-state index in [2.05, 4.69) is 114 Å².